The molecule has 0 saturated carbocycles. The summed E-state index contributed by atoms with van der Waals surface area (Å²) in [5.74, 6) is 0. The molecule has 0 spiro atoms. The zero-order valence-corrected chi connectivity index (χ0v) is 14.7. The highest BCUT2D eigenvalue weighted by Crippen LogP contribution is 2.39. The number of aromatic nitrogens is 1. The molecule has 0 amide bonds. The van der Waals surface area contributed by atoms with Crippen LogP contribution in [0.25, 0.3) is 0 Å². The van der Waals surface area contributed by atoms with Crippen molar-refractivity contribution in [3.63, 3.8) is 0 Å². The van der Waals surface area contributed by atoms with Gasteiger partial charge in [0.25, 0.3) is 6.02 Å². The molecular weight excluding hydrogens is 318 g/mol. The third-order valence-electron chi connectivity index (χ3n) is 5.44. The van der Waals surface area contributed by atoms with E-state index in [1.165, 1.54) is 66.5 Å². The van der Waals surface area contributed by atoms with E-state index in [2.05, 4.69) is 28.3 Å². The molecular formula is C19H21N3OS. The monoisotopic (exact) mass is 339 g/mol. The Hall–Kier alpha value is -1.88. The highest BCUT2D eigenvalue weighted by molar-refractivity contribution is 7.09. The maximum Gasteiger partial charge on any atom is 0.290 e. The van der Waals surface area contributed by atoms with Crippen LogP contribution in [-0.4, -0.2) is 17.6 Å². The van der Waals surface area contributed by atoms with Gasteiger partial charge in [0.1, 0.15) is 5.01 Å². The number of rotatable bonds is 2. The molecule has 5 heteroatoms. The molecule has 0 saturated heterocycles. The molecule has 0 bridgehead atoms. The number of nitrogens with one attached hydrogen (secondary N) is 1. The molecule has 2 aliphatic carbocycles. The van der Waals surface area contributed by atoms with Crippen LogP contribution in [0.15, 0.2) is 22.6 Å². The first-order chi connectivity index (χ1) is 11.7. The van der Waals surface area contributed by atoms with E-state index < -0.39 is 5.60 Å². The van der Waals surface area contributed by atoms with Gasteiger partial charge in [0.15, 0.2) is 5.60 Å². The summed E-state index contributed by atoms with van der Waals surface area (Å²) >= 11 is 1.63. The largest absolute Gasteiger partial charge is 0.449 e. The molecule has 3 aliphatic rings. The fourth-order valence-electron chi connectivity index (χ4n) is 4.24. The van der Waals surface area contributed by atoms with Gasteiger partial charge in [-0.15, -0.1) is 11.3 Å². The predicted octanol–water partition coefficient (Wildman–Crippen LogP) is 3.83. The van der Waals surface area contributed by atoms with E-state index >= 15 is 0 Å². The van der Waals surface area contributed by atoms with Crippen LogP contribution in [0.1, 0.15) is 47.0 Å². The second-order valence-corrected chi connectivity index (χ2v) is 8.05. The van der Waals surface area contributed by atoms with Gasteiger partial charge in [-0.25, -0.2) is 9.98 Å². The lowest BCUT2D eigenvalue weighted by Crippen LogP contribution is -2.28. The van der Waals surface area contributed by atoms with Crippen LogP contribution < -0.4 is 5.32 Å². The summed E-state index contributed by atoms with van der Waals surface area (Å²) in [5.41, 5.74) is 6.89. The minimum atomic E-state index is -0.433. The Balaban J connectivity index is 1.46. The van der Waals surface area contributed by atoms with Crippen molar-refractivity contribution in [2.45, 2.75) is 51.0 Å². The Morgan fingerprint density at radius 2 is 1.88 bits per heavy atom. The Morgan fingerprint density at radius 3 is 2.54 bits per heavy atom. The third-order valence-corrected chi connectivity index (χ3v) is 6.45. The highest BCUT2D eigenvalue weighted by atomic mass is 32.1. The number of amidine groups is 1. The molecule has 1 atom stereocenters. The van der Waals surface area contributed by atoms with Gasteiger partial charge >= 0.3 is 0 Å². The van der Waals surface area contributed by atoms with Crippen molar-refractivity contribution in [3.8, 4) is 0 Å². The van der Waals surface area contributed by atoms with Gasteiger partial charge in [-0.1, -0.05) is 6.07 Å². The second-order valence-electron chi connectivity index (χ2n) is 7.15. The smallest absolute Gasteiger partial charge is 0.290 e. The molecule has 24 heavy (non-hydrogen) atoms. The number of ether oxygens (including phenoxy) is 1. The summed E-state index contributed by atoms with van der Waals surface area (Å²) in [6, 6.07) is 3.11. The molecule has 1 aromatic heterocycles. The van der Waals surface area contributed by atoms with Crippen molar-refractivity contribution >= 4 is 23.0 Å². The lowest BCUT2D eigenvalue weighted by Gasteiger charge is -2.22. The number of thiazole rings is 1. The molecule has 124 valence electrons. The number of aliphatic imine (C=N–C) groups is 1. The Labute approximate surface area is 146 Å². The molecule has 1 N–H and O–H groups in total. The maximum atomic E-state index is 6.20. The van der Waals surface area contributed by atoms with E-state index in [-0.39, 0.29) is 0 Å². The SMILES string of the molecule is CC1(c2nccs2)CN=C(Nc2c3c(cc4c2CCC4)CCC3)O1. The van der Waals surface area contributed by atoms with Crippen molar-refractivity contribution in [1.82, 2.24) is 4.98 Å². The summed E-state index contributed by atoms with van der Waals surface area (Å²) in [6.45, 7) is 2.70. The normalized spacial score (nSPS) is 24.5. The highest BCUT2D eigenvalue weighted by Gasteiger charge is 2.38. The topological polar surface area (TPSA) is 46.5 Å². The third kappa shape index (κ3) is 2.18. The average Bonchev–Trinajstić information content (AvgIpc) is 3.34. The predicted molar refractivity (Wildman–Crippen MR) is 97.0 cm³/mol. The number of aryl methyl sites for hydroxylation is 2. The zero-order valence-electron chi connectivity index (χ0n) is 13.9. The fraction of sp³-hybridized carbons (Fsp3) is 0.474. The number of hydrogen-bond donors (Lipinski definition) is 1. The van der Waals surface area contributed by atoms with Gasteiger partial charge in [0.2, 0.25) is 0 Å². The van der Waals surface area contributed by atoms with Crippen LogP contribution in [0.3, 0.4) is 0 Å². The minimum Gasteiger partial charge on any atom is -0.449 e. The van der Waals surface area contributed by atoms with E-state index in [1.807, 2.05) is 11.6 Å². The van der Waals surface area contributed by atoms with E-state index in [4.69, 9.17) is 4.74 Å². The number of nitrogens with zero attached hydrogens (tertiary/aromatic N) is 2. The van der Waals surface area contributed by atoms with E-state index in [0.717, 1.165) is 5.01 Å². The van der Waals surface area contributed by atoms with Crippen molar-refractivity contribution in [2.24, 2.45) is 4.99 Å². The standard InChI is InChI=1S/C19H21N3OS/c1-19(17-20-8-9-24-17)11-21-18(23-19)22-16-14-6-2-4-12(14)10-13-5-3-7-15(13)16/h8-10H,2-7,11H2,1H3,(H,21,22). The Morgan fingerprint density at radius 1 is 1.12 bits per heavy atom. The first kappa shape index (κ1) is 14.5. The summed E-state index contributed by atoms with van der Waals surface area (Å²) in [7, 11) is 0. The van der Waals surface area contributed by atoms with Crippen molar-refractivity contribution < 1.29 is 4.74 Å². The molecule has 4 nitrogen and oxygen atoms in total. The van der Waals surface area contributed by atoms with Gasteiger partial charge in [0.05, 0.1) is 6.54 Å². The van der Waals surface area contributed by atoms with E-state index in [0.29, 0.717) is 12.6 Å². The second kappa shape index (κ2) is 5.31. The van der Waals surface area contributed by atoms with E-state index in [9.17, 15) is 0 Å². The first-order valence-electron chi connectivity index (χ1n) is 8.80. The Bertz CT molecular complexity index is 795. The molecule has 2 heterocycles. The average molecular weight is 339 g/mol. The summed E-state index contributed by atoms with van der Waals surface area (Å²) in [5, 5.41) is 6.55. The van der Waals surface area contributed by atoms with Crippen molar-refractivity contribution in [1.29, 1.82) is 0 Å². The number of anilines is 1. The van der Waals surface area contributed by atoms with Crippen molar-refractivity contribution in [2.75, 3.05) is 11.9 Å². The molecule has 1 aliphatic heterocycles. The van der Waals surface area contributed by atoms with Crippen LogP contribution in [0, 0.1) is 0 Å². The van der Waals surface area contributed by atoms with Gasteiger partial charge < -0.3 is 10.1 Å². The van der Waals surface area contributed by atoms with Crippen LogP contribution in [-0.2, 0) is 36.0 Å². The summed E-state index contributed by atoms with van der Waals surface area (Å²) in [4.78, 5) is 9.06. The fourth-order valence-corrected chi connectivity index (χ4v) is 4.96. The number of fused-ring (bicyclic) bond motifs is 2. The molecule has 2 aromatic rings. The first-order valence-corrected chi connectivity index (χ1v) is 9.68. The molecule has 5 rings (SSSR count). The summed E-state index contributed by atoms with van der Waals surface area (Å²) < 4.78 is 6.20. The van der Waals surface area contributed by atoms with Crippen LogP contribution in [0.4, 0.5) is 5.69 Å². The lowest BCUT2D eigenvalue weighted by molar-refractivity contribution is 0.107. The molecule has 1 unspecified atom stereocenters. The van der Waals surface area contributed by atoms with Gasteiger partial charge in [0, 0.05) is 17.3 Å². The van der Waals surface area contributed by atoms with Crippen LogP contribution >= 0.6 is 11.3 Å². The van der Waals surface area contributed by atoms with Gasteiger partial charge in [-0.05, 0) is 67.7 Å². The van der Waals surface area contributed by atoms with E-state index in [1.54, 1.807) is 11.3 Å². The maximum absolute atomic E-state index is 6.20. The summed E-state index contributed by atoms with van der Waals surface area (Å²) in [6.07, 6.45) is 9.11. The molecule has 1 aromatic carbocycles. The molecule has 0 radical (unpaired) electrons. The molecule has 0 fully saturated rings. The minimum absolute atomic E-state index is 0.433. The number of hydrogen-bond acceptors (Lipinski definition) is 5. The van der Waals surface area contributed by atoms with Crippen LogP contribution in [0.5, 0.6) is 0 Å². The number of benzene rings is 1. The Kier molecular flexibility index (Phi) is 3.20. The van der Waals surface area contributed by atoms with Gasteiger partial charge in [-0.2, -0.15) is 0 Å². The zero-order chi connectivity index (χ0) is 16.1. The van der Waals surface area contributed by atoms with Crippen molar-refractivity contribution in [3.05, 3.63) is 44.9 Å². The quantitative estimate of drug-likeness (QED) is 0.904. The van der Waals surface area contributed by atoms with Gasteiger partial charge in [-0.3, -0.25) is 0 Å². The lowest BCUT2D eigenvalue weighted by atomic mass is 9.99. The van der Waals surface area contributed by atoms with Crippen LogP contribution in [0.2, 0.25) is 0 Å².